The molecule has 12 heteroatoms. The fraction of sp³-hybridized carbons (Fsp3) is 0.300. The summed E-state index contributed by atoms with van der Waals surface area (Å²) >= 11 is 6.93. The van der Waals surface area contributed by atoms with Gasteiger partial charge in [-0.05, 0) is 30.2 Å². The van der Waals surface area contributed by atoms with E-state index >= 15 is 4.39 Å². The minimum Gasteiger partial charge on any atom is -0.489 e. The number of fused-ring (bicyclic) bond motifs is 2. The Labute approximate surface area is 245 Å². The smallest absolute Gasteiger partial charge is 0.355 e. The molecule has 42 heavy (non-hydrogen) atoms. The number of aliphatic hydroxyl groups excluding tert-OH is 1. The van der Waals surface area contributed by atoms with Gasteiger partial charge < -0.3 is 19.6 Å². The van der Waals surface area contributed by atoms with E-state index in [0.717, 1.165) is 0 Å². The Morgan fingerprint density at radius 3 is 2.76 bits per heavy atom. The molecule has 1 aromatic carbocycles. The van der Waals surface area contributed by atoms with Crippen molar-refractivity contribution >= 4 is 34.4 Å². The molecule has 1 amide bonds. The van der Waals surface area contributed by atoms with Crippen molar-refractivity contribution in [2.45, 2.75) is 32.4 Å². The van der Waals surface area contributed by atoms with E-state index in [1.165, 1.54) is 16.7 Å². The highest BCUT2D eigenvalue weighted by Gasteiger charge is 2.37. The van der Waals surface area contributed by atoms with Crippen LogP contribution in [0, 0.1) is 5.82 Å². The first-order chi connectivity index (χ1) is 20.2. The van der Waals surface area contributed by atoms with Crippen LogP contribution in [0.1, 0.15) is 31.0 Å². The van der Waals surface area contributed by atoms with Crippen molar-refractivity contribution in [3.63, 3.8) is 0 Å². The summed E-state index contributed by atoms with van der Waals surface area (Å²) in [5.41, 5.74) is 1.04. The van der Waals surface area contributed by atoms with E-state index < -0.39 is 11.5 Å². The van der Waals surface area contributed by atoms with Gasteiger partial charge >= 0.3 is 5.69 Å². The van der Waals surface area contributed by atoms with E-state index in [-0.39, 0.29) is 58.8 Å². The van der Waals surface area contributed by atoms with Crippen LogP contribution in [0.15, 0.2) is 54.0 Å². The third-order valence-corrected chi connectivity index (χ3v) is 8.02. The van der Waals surface area contributed by atoms with Gasteiger partial charge in [-0.1, -0.05) is 44.2 Å². The molecule has 0 radical (unpaired) electrons. The maximum atomic E-state index is 15.1. The van der Waals surface area contributed by atoms with Crippen molar-refractivity contribution in [3.05, 3.63) is 81.8 Å². The lowest BCUT2D eigenvalue weighted by atomic mass is 10.0. The Bertz CT molecular complexity index is 1810. The minimum atomic E-state index is -0.660. The third-order valence-electron chi connectivity index (χ3n) is 7.67. The highest BCUT2D eigenvalue weighted by molar-refractivity contribution is 6.36. The SMILES string of the molecule is C=CC(=O)N1CCN2c3nc(=O)n(-c4c(CO)ccnc4C(C)C)c4nc(-c5ccccc5F)c(Cl)c(c34)OC[C@H]2C1. The summed E-state index contributed by atoms with van der Waals surface area (Å²) in [4.78, 5) is 43.9. The summed E-state index contributed by atoms with van der Waals surface area (Å²) in [6, 6.07) is 7.35. The number of benzene rings is 1. The molecule has 216 valence electrons. The fourth-order valence-electron chi connectivity index (χ4n) is 5.66. The summed E-state index contributed by atoms with van der Waals surface area (Å²) in [7, 11) is 0. The van der Waals surface area contributed by atoms with E-state index in [1.54, 1.807) is 35.4 Å². The lowest BCUT2D eigenvalue weighted by molar-refractivity contribution is -0.126. The molecule has 2 aliphatic heterocycles. The summed E-state index contributed by atoms with van der Waals surface area (Å²) in [5, 5.41) is 10.7. The summed E-state index contributed by atoms with van der Waals surface area (Å²) in [6.45, 7) is 8.25. The second-order valence-electron chi connectivity index (χ2n) is 10.5. The molecule has 2 aliphatic rings. The van der Waals surface area contributed by atoms with Crippen LogP contribution in [0.3, 0.4) is 0 Å². The standard InChI is InChI=1S/C30H28ClFN6O4/c1-4-21(40)36-11-12-37-18(13-36)15-42-27-22-28(37)35-30(41)38(26-17(14-39)9-10-33-24(26)16(2)3)29(22)34-25(23(27)31)19-7-5-6-8-20(19)32/h4-10,16,18,39H,1,11-15H2,2-3H3/t18-/m1/s1. The number of aromatic nitrogens is 4. The van der Waals surface area contributed by atoms with E-state index in [2.05, 4.69) is 16.5 Å². The molecule has 1 saturated heterocycles. The van der Waals surface area contributed by atoms with Crippen LogP contribution in [0.2, 0.25) is 5.02 Å². The van der Waals surface area contributed by atoms with Crippen LogP contribution in [-0.2, 0) is 11.4 Å². The van der Waals surface area contributed by atoms with Gasteiger partial charge in [0, 0.05) is 37.0 Å². The lowest BCUT2D eigenvalue weighted by Gasteiger charge is -2.40. The van der Waals surface area contributed by atoms with Crippen molar-refractivity contribution in [2.24, 2.45) is 0 Å². The molecular formula is C30H28ClFN6O4. The van der Waals surface area contributed by atoms with Crippen molar-refractivity contribution in [1.82, 2.24) is 24.4 Å². The first kappa shape index (κ1) is 27.8. The number of pyridine rings is 2. The van der Waals surface area contributed by atoms with Crippen LogP contribution in [-0.4, -0.2) is 67.7 Å². The monoisotopic (exact) mass is 590 g/mol. The molecule has 0 unspecified atom stereocenters. The van der Waals surface area contributed by atoms with Gasteiger partial charge in [-0.25, -0.2) is 18.7 Å². The number of ether oxygens (including phenoxy) is 1. The Balaban J connectivity index is 1.71. The number of nitrogens with zero attached hydrogens (tertiary/aromatic N) is 6. The molecule has 0 aliphatic carbocycles. The largest absolute Gasteiger partial charge is 0.489 e. The number of aliphatic hydroxyl groups is 1. The highest BCUT2D eigenvalue weighted by Crippen LogP contribution is 2.45. The van der Waals surface area contributed by atoms with E-state index in [0.29, 0.717) is 47.8 Å². The maximum Gasteiger partial charge on any atom is 0.355 e. The molecule has 1 fully saturated rings. The van der Waals surface area contributed by atoms with Crippen LogP contribution in [0.4, 0.5) is 10.2 Å². The Morgan fingerprint density at radius 2 is 2.05 bits per heavy atom. The van der Waals surface area contributed by atoms with Crippen molar-refractivity contribution in [1.29, 1.82) is 0 Å². The normalized spacial score (nSPS) is 16.3. The average Bonchev–Trinajstić information content (AvgIpc) is 3.15. The molecule has 1 N–H and O–H groups in total. The Kier molecular flexibility index (Phi) is 7.15. The highest BCUT2D eigenvalue weighted by atomic mass is 35.5. The predicted octanol–water partition coefficient (Wildman–Crippen LogP) is 3.85. The average molecular weight is 591 g/mol. The van der Waals surface area contributed by atoms with E-state index in [9.17, 15) is 14.7 Å². The molecule has 3 aromatic heterocycles. The van der Waals surface area contributed by atoms with E-state index in [1.807, 2.05) is 18.7 Å². The lowest BCUT2D eigenvalue weighted by Crippen LogP contribution is -2.56. The number of halogens is 2. The van der Waals surface area contributed by atoms with E-state index in [4.69, 9.17) is 21.3 Å². The number of carbonyl (C=O) groups is 1. The number of rotatable bonds is 5. The topological polar surface area (TPSA) is 114 Å². The zero-order valence-electron chi connectivity index (χ0n) is 23.0. The number of amides is 1. The molecule has 4 aromatic rings. The van der Waals surface area contributed by atoms with Crippen molar-refractivity contribution in [3.8, 4) is 22.7 Å². The summed E-state index contributed by atoms with van der Waals surface area (Å²) in [5.74, 6) is -0.373. The van der Waals surface area contributed by atoms with Gasteiger partial charge in [0.2, 0.25) is 5.91 Å². The summed E-state index contributed by atoms with van der Waals surface area (Å²) < 4.78 is 22.8. The first-order valence-corrected chi connectivity index (χ1v) is 13.9. The zero-order valence-corrected chi connectivity index (χ0v) is 23.8. The number of anilines is 1. The molecule has 6 rings (SSSR count). The van der Waals surface area contributed by atoms with Gasteiger partial charge in [0.05, 0.1) is 29.7 Å². The first-order valence-electron chi connectivity index (χ1n) is 13.6. The predicted molar refractivity (Wildman–Crippen MR) is 157 cm³/mol. The molecular weight excluding hydrogens is 563 g/mol. The molecule has 10 nitrogen and oxygen atoms in total. The van der Waals surface area contributed by atoms with Gasteiger partial charge in [-0.2, -0.15) is 4.98 Å². The zero-order chi connectivity index (χ0) is 29.7. The van der Waals surface area contributed by atoms with Crippen LogP contribution in [0.5, 0.6) is 5.75 Å². The second kappa shape index (κ2) is 10.8. The van der Waals surface area contributed by atoms with Crippen LogP contribution >= 0.6 is 11.6 Å². The van der Waals surface area contributed by atoms with Gasteiger partial charge in [-0.3, -0.25) is 9.78 Å². The minimum absolute atomic E-state index is 0.0670. The van der Waals surface area contributed by atoms with Gasteiger partial charge in [0.15, 0.2) is 11.4 Å². The molecule has 5 heterocycles. The second-order valence-corrected chi connectivity index (χ2v) is 10.9. The van der Waals surface area contributed by atoms with Crippen LogP contribution < -0.4 is 15.3 Å². The summed E-state index contributed by atoms with van der Waals surface area (Å²) in [6.07, 6.45) is 2.84. The van der Waals surface area contributed by atoms with Crippen molar-refractivity contribution in [2.75, 3.05) is 31.1 Å². The van der Waals surface area contributed by atoms with Gasteiger partial charge in [0.25, 0.3) is 0 Å². The molecule has 0 saturated carbocycles. The third kappa shape index (κ3) is 4.40. The molecule has 0 bridgehead atoms. The number of hydrogen-bond acceptors (Lipinski definition) is 8. The molecule has 1 atom stereocenters. The fourth-order valence-corrected chi connectivity index (χ4v) is 5.96. The molecule has 0 spiro atoms. The quantitative estimate of drug-likeness (QED) is 0.349. The van der Waals surface area contributed by atoms with Gasteiger partial charge in [0.1, 0.15) is 28.7 Å². The van der Waals surface area contributed by atoms with Crippen LogP contribution in [0.25, 0.3) is 28.0 Å². The Morgan fingerprint density at radius 1 is 1.26 bits per heavy atom. The number of hydrogen-bond donors (Lipinski definition) is 1. The van der Waals surface area contributed by atoms with Crippen molar-refractivity contribution < 1.29 is 19.0 Å². The number of piperazine rings is 1. The van der Waals surface area contributed by atoms with Gasteiger partial charge in [-0.15, -0.1) is 0 Å². The Hall–Kier alpha value is -4.35. The maximum absolute atomic E-state index is 15.1. The number of carbonyl (C=O) groups excluding carboxylic acids is 1.